The molecule has 0 aliphatic rings. The molecule has 0 bridgehead atoms. The van der Waals surface area contributed by atoms with E-state index >= 15 is 0 Å². The van der Waals surface area contributed by atoms with Gasteiger partial charge in [0.2, 0.25) is 0 Å². The number of ether oxygens (including phenoxy) is 1. The first-order valence-electron chi connectivity index (χ1n) is 6.04. The van der Waals surface area contributed by atoms with Gasteiger partial charge < -0.3 is 9.84 Å². The molecule has 0 aliphatic carbocycles. The molecule has 0 aliphatic heterocycles. The molecule has 0 rings (SSSR count). The summed E-state index contributed by atoms with van der Waals surface area (Å²) in [4.78, 5) is 2.29. The van der Waals surface area contributed by atoms with Crippen molar-refractivity contribution in [2.24, 2.45) is 0 Å². The molecule has 0 radical (unpaired) electrons. The number of likely N-dealkylation sites (N-methyl/N-ethyl adjacent to an activating group) is 1. The highest BCUT2D eigenvalue weighted by Gasteiger charge is 2.15. The Bertz CT molecular complexity index is 151. The van der Waals surface area contributed by atoms with Crippen molar-refractivity contribution in [1.29, 1.82) is 0 Å². The van der Waals surface area contributed by atoms with Gasteiger partial charge in [-0.2, -0.15) is 0 Å². The van der Waals surface area contributed by atoms with Gasteiger partial charge in [0.25, 0.3) is 0 Å². The van der Waals surface area contributed by atoms with Crippen molar-refractivity contribution in [2.45, 2.75) is 59.3 Å². The molecular weight excluding hydrogens is 190 g/mol. The summed E-state index contributed by atoms with van der Waals surface area (Å²) in [5.74, 6) is 0. The van der Waals surface area contributed by atoms with Gasteiger partial charge >= 0.3 is 0 Å². The standard InChI is InChI=1S/C12H27NO2/c1-6-11(5)13(7-2)8-12(14)9-15-10(3)4/h10-12,14H,6-9H2,1-5H3. The summed E-state index contributed by atoms with van der Waals surface area (Å²) in [6.45, 7) is 12.6. The van der Waals surface area contributed by atoms with E-state index in [1.54, 1.807) is 0 Å². The van der Waals surface area contributed by atoms with Gasteiger partial charge in [0.15, 0.2) is 0 Å². The number of hydrogen-bond donors (Lipinski definition) is 1. The summed E-state index contributed by atoms with van der Waals surface area (Å²) in [5.41, 5.74) is 0. The average molecular weight is 217 g/mol. The monoisotopic (exact) mass is 217 g/mol. The second kappa shape index (κ2) is 8.08. The highest BCUT2D eigenvalue weighted by Crippen LogP contribution is 2.04. The van der Waals surface area contributed by atoms with Gasteiger partial charge in [-0.3, -0.25) is 4.90 Å². The normalized spacial score (nSPS) is 16.0. The van der Waals surface area contributed by atoms with Crippen molar-refractivity contribution in [1.82, 2.24) is 4.90 Å². The number of aliphatic hydroxyl groups excluding tert-OH is 1. The quantitative estimate of drug-likeness (QED) is 0.674. The van der Waals surface area contributed by atoms with Gasteiger partial charge in [-0.25, -0.2) is 0 Å². The first-order chi connectivity index (χ1) is 7.01. The Morgan fingerprint density at radius 1 is 1.20 bits per heavy atom. The maximum absolute atomic E-state index is 9.78. The second-order valence-corrected chi connectivity index (χ2v) is 4.38. The van der Waals surface area contributed by atoms with E-state index in [0.717, 1.165) is 13.0 Å². The number of hydrogen-bond acceptors (Lipinski definition) is 3. The SMILES string of the molecule is CCC(C)N(CC)CC(O)COC(C)C. The molecule has 0 saturated carbocycles. The van der Waals surface area contributed by atoms with E-state index in [1.165, 1.54) is 0 Å². The minimum atomic E-state index is -0.374. The predicted octanol–water partition coefficient (Wildman–Crippen LogP) is 1.89. The molecular formula is C12H27NO2. The fraction of sp³-hybridized carbons (Fsp3) is 1.00. The minimum absolute atomic E-state index is 0.193. The first kappa shape index (κ1) is 14.9. The number of nitrogens with zero attached hydrogens (tertiary/aromatic N) is 1. The van der Waals surface area contributed by atoms with Crippen molar-refractivity contribution in [3.05, 3.63) is 0 Å². The van der Waals surface area contributed by atoms with E-state index in [-0.39, 0.29) is 12.2 Å². The van der Waals surface area contributed by atoms with Crippen molar-refractivity contribution in [2.75, 3.05) is 19.7 Å². The van der Waals surface area contributed by atoms with Crippen LogP contribution in [-0.4, -0.2) is 48.0 Å². The van der Waals surface area contributed by atoms with Gasteiger partial charge in [-0.1, -0.05) is 13.8 Å². The molecule has 15 heavy (non-hydrogen) atoms. The van der Waals surface area contributed by atoms with Gasteiger partial charge in [0.1, 0.15) is 0 Å². The lowest BCUT2D eigenvalue weighted by atomic mass is 10.2. The van der Waals surface area contributed by atoms with Crippen molar-refractivity contribution in [3.63, 3.8) is 0 Å². The second-order valence-electron chi connectivity index (χ2n) is 4.38. The zero-order valence-corrected chi connectivity index (χ0v) is 10.9. The van der Waals surface area contributed by atoms with Crippen LogP contribution in [0.3, 0.4) is 0 Å². The maximum Gasteiger partial charge on any atom is 0.0900 e. The Labute approximate surface area is 94.4 Å². The van der Waals surface area contributed by atoms with E-state index in [4.69, 9.17) is 4.74 Å². The van der Waals surface area contributed by atoms with E-state index in [9.17, 15) is 5.11 Å². The fourth-order valence-corrected chi connectivity index (χ4v) is 1.51. The van der Waals surface area contributed by atoms with Crippen molar-refractivity contribution >= 4 is 0 Å². The predicted molar refractivity (Wildman–Crippen MR) is 64.1 cm³/mol. The van der Waals surface area contributed by atoms with Crippen molar-refractivity contribution < 1.29 is 9.84 Å². The Morgan fingerprint density at radius 2 is 1.80 bits per heavy atom. The summed E-state index contributed by atoms with van der Waals surface area (Å²) in [6.07, 6.45) is 0.936. The van der Waals surface area contributed by atoms with Crippen LogP contribution in [0.15, 0.2) is 0 Å². The Morgan fingerprint density at radius 3 is 2.20 bits per heavy atom. The maximum atomic E-state index is 9.78. The lowest BCUT2D eigenvalue weighted by Gasteiger charge is -2.29. The topological polar surface area (TPSA) is 32.7 Å². The van der Waals surface area contributed by atoms with Crippen LogP contribution < -0.4 is 0 Å². The third kappa shape index (κ3) is 6.88. The molecule has 0 spiro atoms. The van der Waals surface area contributed by atoms with Crippen LogP contribution in [-0.2, 0) is 4.74 Å². The number of aliphatic hydroxyl groups is 1. The van der Waals surface area contributed by atoms with Crippen LogP contribution in [0.4, 0.5) is 0 Å². The third-order valence-electron chi connectivity index (χ3n) is 2.69. The molecule has 0 saturated heterocycles. The Kier molecular flexibility index (Phi) is 8.02. The lowest BCUT2D eigenvalue weighted by molar-refractivity contribution is -0.0126. The van der Waals surface area contributed by atoms with Crippen LogP contribution in [0.25, 0.3) is 0 Å². The molecule has 0 amide bonds. The van der Waals surface area contributed by atoms with Crippen LogP contribution in [0.1, 0.15) is 41.0 Å². The fourth-order valence-electron chi connectivity index (χ4n) is 1.51. The van der Waals surface area contributed by atoms with E-state index in [1.807, 2.05) is 13.8 Å². The largest absolute Gasteiger partial charge is 0.389 e. The summed E-state index contributed by atoms with van der Waals surface area (Å²) < 4.78 is 5.39. The molecule has 0 aromatic carbocycles. The Hall–Kier alpha value is -0.120. The molecule has 2 unspecified atom stereocenters. The average Bonchev–Trinajstić information content (AvgIpc) is 2.21. The van der Waals surface area contributed by atoms with E-state index in [2.05, 4.69) is 25.7 Å². The number of rotatable bonds is 8. The minimum Gasteiger partial charge on any atom is -0.389 e. The molecule has 1 N–H and O–H groups in total. The zero-order valence-electron chi connectivity index (χ0n) is 10.9. The van der Waals surface area contributed by atoms with Crippen LogP contribution in [0, 0.1) is 0 Å². The molecule has 0 heterocycles. The zero-order chi connectivity index (χ0) is 11.8. The smallest absolute Gasteiger partial charge is 0.0900 e. The first-order valence-corrected chi connectivity index (χ1v) is 6.04. The summed E-state index contributed by atoms with van der Waals surface area (Å²) in [7, 11) is 0. The van der Waals surface area contributed by atoms with Crippen LogP contribution in [0.2, 0.25) is 0 Å². The van der Waals surface area contributed by atoms with E-state index in [0.29, 0.717) is 19.2 Å². The summed E-state index contributed by atoms with van der Waals surface area (Å²) >= 11 is 0. The summed E-state index contributed by atoms with van der Waals surface area (Å²) in [5, 5.41) is 9.78. The molecule has 92 valence electrons. The van der Waals surface area contributed by atoms with Gasteiger partial charge in [0, 0.05) is 12.6 Å². The molecule has 0 aromatic heterocycles. The molecule has 0 fully saturated rings. The van der Waals surface area contributed by atoms with Gasteiger partial charge in [-0.15, -0.1) is 0 Å². The summed E-state index contributed by atoms with van der Waals surface area (Å²) in [6, 6.07) is 0.531. The Balaban J connectivity index is 3.85. The van der Waals surface area contributed by atoms with Crippen molar-refractivity contribution in [3.8, 4) is 0 Å². The van der Waals surface area contributed by atoms with Gasteiger partial charge in [0.05, 0.1) is 18.8 Å². The highest BCUT2D eigenvalue weighted by molar-refractivity contribution is 4.68. The molecule has 3 heteroatoms. The van der Waals surface area contributed by atoms with Crippen LogP contribution in [0.5, 0.6) is 0 Å². The molecule has 2 atom stereocenters. The van der Waals surface area contributed by atoms with E-state index < -0.39 is 0 Å². The molecule has 3 nitrogen and oxygen atoms in total. The third-order valence-corrected chi connectivity index (χ3v) is 2.69. The van der Waals surface area contributed by atoms with Crippen LogP contribution >= 0.6 is 0 Å². The molecule has 0 aromatic rings. The highest BCUT2D eigenvalue weighted by atomic mass is 16.5. The van der Waals surface area contributed by atoms with Gasteiger partial charge in [-0.05, 0) is 33.7 Å². The lowest BCUT2D eigenvalue weighted by Crippen LogP contribution is -2.40.